The molecule has 3 heterocycles. The molecule has 3 heteroatoms. The molecule has 0 atom stereocenters. The predicted molar refractivity (Wildman–Crippen MR) is 212 cm³/mol. The Morgan fingerprint density at radius 3 is 1.06 bits per heavy atom. The van der Waals surface area contributed by atoms with Crippen LogP contribution in [0.15, 0.2) is 170 Å². The minimum atomic E-state index is 0.875. The molecular formula is C48H28O2S. The van der Waals surface area contributed by atoms with E-state index in [1.807, 2.05) is 23.5 Å². The summed E-state index contributed by atoms with van der Waals surface area (Å²) in [6, 6.07) is 60.8. The molecule has 2 aliphatic heterocycles. The van der Waals surface area contributed by atoms with Gasteiger partial charge in [0.1, 0.15) is 23.0 Å². The zero-order valence-corrected chi connectivity index (χ0v) is 28.2. The lowest BCUT2D eigenvalue weighted by molar-refractivity contribution is 0.487. The molecule has 0 fully saturated rings. The standard InChI is InChI=1S/C48H28O2S/c1-3-11-35-33(9-1)37-13-5-7-15-43(37)49-45-21-17-29(25-39(35)45)31-19-23-47-41(27-31)42-28-32(20-24-48(42)51-47)30-18-22-46-40(26-30)36-12-4-2-10-34(36)38-14-6-8-16-44(38)50-46/h1-28H. The summed E-state index contributed by atoms with van der Waals surface area (Å²) in [7, 11) is 0. The lowest BCUT2D eigenvalue weighted by Crippen LogP contribution is -1.88. The van der Waals surface area contributed by atoms with E-state index in [4.69, 9.17) is 9.47 Å². The summed E-state index contributed by atoms with van der Waals surface area (Å²) < 4.78 is 15.6. The number of thiophene rings is 1. The molecule has 0 aliphatic carbocycles. The molecular weight excluding hydrogens is 641 g/mol. The van der Waals surface area contributed by atoms with Gasteiger partial charge in [0, 0.05) is 42.4 Å². The zero-order valence-electron chi connectivity index (χ0n) is 27.4. The summed E-state index contributed by atoms with van der Waals surface area (Å²) in [6.07, 6.45) is 0. The summed E-state index contributed by atoms with van der Waals surface area (Å²) in [5, 5.41) is 2.54. The van der Waals surface area contributed by atoms with Gasteiger partial charge in [-0.25, -0.2) is 0 Å². The van der Waals surface area contributed by atoms with Crippen LogP contribution in [-0.4, -0.2) is 0 Å². The predicted octanol–water partition coefficient (Wildman–Crippen LogP) is 14.3. The number of benzene rings is 8. The third-order valence-corrected chi connectivity index (χ3v) is 11.5. The summed E-state index contributed by atoms with van der Waals surface area (Å²) in [5.41, 5.74) is 13.9. The van der Waals surface area contributed by atoms with E-state index in [0.717, 1.165) is 45.3 Å². The molecule has 0 spiro atoms. The maximum absolute atomic E-state index is 6.52. The van der Waals surface area contributed by atoms with Gasteiger partial charge in [-0.3, -0.25) is 0 Å². The molecule has 8 aromatic carbocycles. The van der Waals surface area contributed by atoms with Crippen molar-refractivity contribution in [3.8, 4) is 89.8 Å². The fraction of sp³-hybridized carbons (Fsp3) is 0. The van der Waals surface area contributed by atoms with Gasteiger partial charge < -0.3 is 9.47 Å². The molecule has 9 aromatic rings. The van der Waals surface area contributed by atoms with Crippen molar-refractivity contribution in [2.24, 2.45) is 0 Å². The Balaban J connectivity index is 1.02. The van der Waals surface area contributed by atoms with Crippen LogP contribution in [0.5, 0.6) is 23.0 Å². The van der Waals surface area contributed by atoms with E-state index in [-0.39, 0.29) is 0 Å². The smallest absolute Gasteiger partial charge is 0.135 e. The van der Waals surface area contributed by atoms with E-state index in [1.54, 1.807) is 0 Å². The molecule has 0 saturated carbocycles. The SMILES string of the molecule is c1ccc2c(c1)Oc1ccc(-c3ccc4sc5ccc(-c6ccc7c(c6)-c6ccccc6-c6ccccc6O7)cc5c4c3)cc1-c1ccccc1-2. The first-order valence-corrected chi connectivity index (χ1v) is 18.1. The molecule has 0 bridgehead atoms. The topological polar surface area (TPSA) is 18.5 Å². The summed E-state index contributed by atoms with van der Waals surface area (Å²) in [6.45, 7) is 0. The van der Waals surface area contributed by atoms with Crippen LogP contribution in [0.3, 0.4) is 0 Å². The second-order valence-electron chi connectivity index (χ2n) is 13.2. The number of hydrogen-bond acceptors (Lipinski definition) is 3. The van der Waals surface area contributed by atoms with Gasteiger partial charge in [0.15, 0.2) is 0 Å². The molecule has 0 radical (unpaired) electrons. The van der Waals surface area contributed by atoms with Crippen LogP contribution in [0.4, 0.5) is 0 Å². The first-order chi connectivity index (χ1) is 25.2. The van der Waals surface area contributed by atoms with Crippen LogP contribution in [-0.2, 0) is 0 Å². The molecule has 51 heavy (non-hydrogen) atoms. The monoisotopic (exact) mass is 668 g/mol. The van der Waals surface area contributed by atoms with Gasteiger partial charge in [0.25, 0.3) is 0 Å². The van der Waals surface area contributed by atoms with E-state index >= 15 is 0 Å². The van der Waals surface area contributed by atoms with Crippen LogP contribution >= 0.6 is 11.3 Å². The second kappa shape index (κ2) is 11.0. The highest BCUT2D eigenvalue weighted by atomic mass is 32.1. The number of rotatable bonds is 2. The third kappa shape index (κ3) is 4.49. The van der Waals surface area contributed by atoms with E-state index < -0.39 is 0 Å². The Bertz CT molecular complexity index is 2680. The summed E-state index contributed by atoms with van der Waals surface area (Å²) >= 11 is 1.85. The van der Waals surface area contributed by atoms with Crippen molar-refractivity contribution >= 4 is 31.5 Å². The molecule has 11 rings (SSSR count). The average Bonchev–Trinajstić information content (AvgIpc) is 3.40. The van der Waals surface area contributed by atoms with Crippen molar-refractivity contribution in [1.29, 1.82) is 0 Å². The largest absolute Gasteiger partial charge is 0.456 e. The molecule has 1 aromatic heterocycles. The van der Waals surface area contributed by atoms with Gasteiger partial charge in [-0.15, -0.1) is 11.3 Å². The molecule has 2 nitrogen and oxygen atoms in total. The van der Waals surface area contributed by atoms with Crippen molar-refractivity contribution < 1.29 is 9.47 Å². The number of hydrogen-bond donors (Lipinski definition) is 0. The number of ether oxygens (including phenoxy) is 2. The summed E-state index contributed by atoms with van der Waals surface area (Å²) in [5.74, 6) is 3.52. The maximum Gasteiger partial charge on any atom is 0.135 e. The third-order valence-electron chi connectivity index (χ3n) is 10.3. The van der Waals surface area contributed by atoms with E-state index in [9.17, 15) is 0 Å². The number of fused-ring (bicyclic) bond motifs is 13. The van der Waals surface area contributed by atoms with Crippen LogP contribution in [0, 0.1) is 0 Å². The van der Waals surface area contributed by atoms with E-state index in [1.165, 1.54) is 64.7 Å². The minimum absolute atomic E-state index is 0.875. The second-order valence-corrected chi connectivity index (χ2v) is 14.3. The van der Waals surface area contributed by atoms with E-state index in [2.05, 4.69) is 158 Å². The first-order valence-electron chi connectivity index (χ1n) is 17.2. The Kier molecular flexibility index (Phi) is 6.16. The van der Waals surface area contributed by atoms with Gasteiger partial charge in [-0.05, 0) is 105 Å². The van der Waals surface area contributed by atoms with Gasteiger partial charge in [-0.2, -0.15) is 0 Å². The molecule has 238 valence electrons. The lowest BCUT2D eigenvalue weighted by atomic mass is 9.92. The Morgan fingerprint density at radius 1 is 0.275 bits per heavy atom. The van der Waals surface area contributed by atoms with Crippen LogP contribution in [0.25, 0.3) is 86.9 Å². The quantitative estimate of drug-likeness (QED) is 0.183. The van der Waals surface area contributed by atoms with Gasteiger partial charge in [-0.1, -0.05) is 109 Å². The number of para-hydroxylation sites is 2. The van der Waals surface area contributed by atoms with Crippen molar-refractivity contribution in [2.75, 3.05) is 0 Å². The van der Waals surface area contributed by atoms with Crippen molar-refractivity contribution in [1.82, 2.24) is 0 Å². The highest BCUT2D eigenvalue weighted by Gasteiger charge is 2.22. The van der Waals surface area contributed by atoms with Gasteiger partial charge in [0.05, 0.1) is 0 Å². The van der Waals surface area contributed by atoms with E-state index in [0.29, 0.717) is 0 Å². The first kappa shape index (κ1) is 28.4. The molecule has 2 aliphatic rings. The van der Waals surface area contributed by atoms with Crippen molar-refractivity contribution in [3.05, 3.63) is 170 Å². The fourth-order valence-corrected chi connectivity index (χ4v) is 8.92. The molecule has 0 unspecified atom stereocenters. The highest BCUT2D eigenvalue weighted by Crippen LogP contribution is 2.50. The Hall–Kier alpha value is -6.42. The van der Waals surface area contributed by atoms with Crippen molar-refractivity contribution in [2.45, 2.75) is 0 Å². The zero-order chi connectivity index (χ0) is 33.5. The highest BCUT2D eigenvalue weighted by molar-refractivity contribution is 7.25. The minimum Gasteiger partial charge on any atom is -0.456 e. The van der Waals surface area contributed by atoms with Crippen LogP contribution in [0.1, 0.15) is 0 Å². The Labute approximate surface area is 299 Å². The molecule has 0 saturated heterocycles. The summed E-state index contributed by atoms with van der Waals surface area (Å²) in [4.78, 5) is 0. The lowest BCUT2D eigenvalue weighted by Gasteiger charge is -2.12. The fourth-order valence-electron chi connectivity index (χ4n) is 7.85. The van der Waals surface area contributed by atoms with Gasteiger partial charge >= 0.3 is 0 Å². The molecule has 0 N–H and O–H groups in total. The maximum atomic E-state index is 6.52. The normalized spacial score (nSPS) is 12.2. The van der Waals surface area contributed by atoms with Crippen LogP contribution in [0.2, 0.25) is 0 Å². The molecule has 0 amide bonds. The Morgan fingerprint density at radius 2 is 0.608 bits per heavy atom. The van der Waals surface area contributed by atoms with Crippen molar-refractivity contribution in [3.63, 3.8) is 0 Å². The van der Waals surface area contributed by atoms with Crippen LogP contribution < -0.4 is 9.47 Å². The van der Waals surface area contributed by atoms with Gasteiger partial charge in [0.2, 0.25) is 0 Å². The average molecular weight is 669 g/mol.